The SMILES string of the molecule is COc1ccc(COCCC=CC(OC(=O)c2ccccc2)C2OC(C)(C)O[C@H]2CCO)cc1. The molecule has 1 aliphatic heterocycles. The molecule has 2 aromatic rings. The molecule has 7 nitrogen and oxygen atoms in total. The molecule has 1 N–H and O–H groups in total. The van der Waals surface area contributed by atoms with Gasteiger partial charge in [-0.15, -0.1) is 0 Å². The van der Waals surface area contributed by atoms with Gasteiger partial charge in [0.25, 0.3) is 0 Å². The Balaban J connectivity index is 1.60. The Kier molecular flexibility index (Phi) is 9.65. The van der Waals surface area contributed by atoms with Crippen LogP contribution in [-0.2, 0) is 25.6 Å². The van der Waals surface area contributed by atoms with Crippen molar-refractivity contribution >= 4 is 5.97 Å². The van der Waals surface area contributed by atoms with Crippen LogP contribution in [0.25, 0.3) is 0 Å². The lowest BCUT2D eigenvalue weighted by Gasteiger charge is -2.24. The fourth-order valence-corrected chi connectivity index (χ4v) is 3.77. The van der Waals surface area contributed by atoms with Crippen molar-refractivity contribution in [2.24, 2.45) is 0 Å². The highest BCUT2D eigenvalue weighted by atomic mass is 16.8. The van der Waals surface area contributed by atoms with E-state index in [4.69, 9.17) is 23.7 Å². The number of hydrogen-bond acceptors (Lipinski definition) is 7. The van der Waals surface area contributed by atoms with Crippen LogP contribution in [0.2, 0.25) is 0 Å². The van der Waals surface area contributed by atoms with Gasteiger partial charge in [-0.1, -0.05) is 36.4 Å². The smallest absolute Gasteiger partial charge is 0.338 e. The lowest BCUT2D eigenvalue weighted by atomic mass is 10.0. The van der Waals surface area contributed by atoms with Crippen LogP contribution in [0.5, 0.6) is 5.75 Å². The van der Waals surface area contributed by atoms with E-state index < -0.39 is 30.1 Å². The molecule has 34 heavy (non-hydrogen) atoms. The molecule has 1 fully saturated rings. The third-order valence-electron chi connectivity index (χ3n) is 5.39. The first-order valence-electron chi connectivity index (χ1n) is 11.5. The molecule has 1 aliphatic rings. The number of rotatable bonds is 12. The summed E-state index contributed by atoms with van der Waals surface area (Å²) in [6.45, 7) is 4.57. The van der Waals surface area contributed by atoms with Gasteiger partial charge in [-0.05, 0) is 62.6 Å². The second-order valence-corrected chi connectivity index (χ2v) is 8.50. The largest absolute Gasteiger partial charge is 0.497 e. The summed E-state index contributed by atoms with van der Waals surface area (Å²) < 4.78 is 28.7. The number of ether oxygens (including phenoxy) is 5. The summed E-state index contributed by atoms with van der Waals surface area (Å²) >= 11 is 0. The predicted molar refractivity (Wildman–Crippen MR) is 128 cm³/mol. The molecule has 184 valence electrons. The highest BCUT2D eigenvalue weighted by Crippen LogP contribution is 2.33. The van der Waals surface area contributed by atoms with Crippen molar-refractivity contribution in [1.82, 2.24) is 0 Å². The monoisotopic (exact) mass is 470 g/mol. The van der Waals surface area contributed by atoms with E-state index in [2.05, 4.69) is 0 Å². The third-order valence-corrected chi connectivity index (χ3v) is 5.39. The predicted octanol–water partition coefficient (Wildman–Crippen LogP) is 4.29. The first kappa shape index (κ1) is 25.9. The summed E-state index contributed by atoms with van der Waals surface area (Å²) in [5, 5.41) is 9.47. The molecule has 1 saturated heterocycles. The quantitative estimate of drug-likeness (QED) is 0.282. The van der Waals surface area contributed by atoms with E-state index in [0.717, 1.165) is 11.3 Å². The summed E-state index contributed by atoms with van der Waals surface area (Å²) in [5.41, 5.74) is 1.52. The van der Waals surface area contributed by atoms with E-state index in [0.29, 0.717) is 31.6 Å². The van der Waals surface area contributed by atoms with Gasteiger partial charge in [0.15, 0.2) is 5.79 Å². The molecule has 0 spiro atoms. The molecule has 2 aromatic carbocycles. The number of benzene rings is 2. The van der Waals surface area contributed by atoms with Crippen molar-refractivity contribution in [2.75, 3.05) is 20.3 Å². The van der Waals surface area contributed by atoms with Crippen LogP contribution < -0.4 is 4.74 Å². The maximum atomic E-state index is 12.7. The van der Waals surface area contributed by atoms with Gasteiger partial charge in [-0.3, -0.25) is 0 Å². The van der Waals surface area contributed by atoms with Crippen molar-refractivity contribution in [3.05, 3.63) is 77.9 Å². The summed E-state index contributed by atoms with van der Waals surface area (Å²) in [7, 11) is 1.64. The Morgan fingerprint density at radius 3 is 2.53 bits per heavy atom. The first-order chi connectivity index (χ1) is 16.4. The van der Waals surface area contributed by atoms with Gasteiger partial charge in [-0.25, -0.2) is 4.79 Å². The zero-order valence-electron chi connectivity index (χ0n) is 20.0. The summed E-state index contributed by atoms with van der Waals surface area (Å²) in [6, 6.07) is 16.6. The molecule has 0 radical (unpaired) electrons. The highest BCUT2D eigenvalue weighted by molar-refractivity contribution is 5.89. The molecule has 0 aliphatic carbocycles. The van der Waals surface area contributed by atoms with Crippen LogP contribution in [0.3, 0.4) is 0 Å². The number of methoxy groups -OCH3 is 1. The van der Waals surface area contributed by atoms with Crippen molar-refractivity contribution in [3.63, 3.8) is 0 Å². The highest BCUT2D eigenvalue weighted by Gasteiger charge is 2.45. The van der Waals surface area contributed by atoms with Crippen LogP contribution in [0, 0.1) is 0 Å². The minimum absolute atomic E-state index is 0.0527. The summed E-state index contributed by atoms with van der Waals surface area (Å²) in [5.74, 6) is -0.470. The maximum absolute atomic E-state index is 12.7. The normalized spacial score (nSPS) is 20.4. The van der Waals surface area contributed by atoms with Gasteiger partial charge in [0, 0.05) is 6.61 Å². The van der Waals surface area contributed by atoms with Crippen LogP contribution in [0.4, 0.5) is 0 Å². The molecule has 1 heterocycles. The Hall–Kier alpha value is -2.71. The molecule has 0 aromatic heterocycles. The standard InChI is InChI=1S/C27H34O7/c1-27(2)33-24(16-17-28)25(34-27)23(32-26(29)21-9-5-4-6-10-21)11-7-8-18-31-19-20-12-14-22(30-3)15-13-20/h4-7,9-15,23-25,28H,8,16-19H2,1-3H3/t23?,24-,25?/m0/s1. The minimum atomic E-state index is -0.836. The van der Waals surface area contributed by atoms with Crippen LogP contribution in [0.15, 0.2) is 66.7 Å². The number of aliphatic hydroxyl groups excluding tert-OH is 1. The maximum Gasteiger partial charge on any atom is 0.338 e. The molecule has 7 heteroatoms. The number of esters is 1. The topological polar surface area (TPSA) is 83.5 Å². The molecule has 0 bridgehead atoms. The van der Waals surface area contributed by atoms with E-state index in [-0.39, 0.29) is 6.61 Å². The lowest BCUT2D eigenvalue weighted by molar-refractivity contribution is -0.153. The van der Waals surface area contributed by atoms with Gasteiger partial charge >= 0.3 is 5.97 Å². The molecule has 0 saturated carbocycles. The molecule has 2 unspecified atom stereocenters. The molecular formula is C27H34O7. The average Bonchev–Trinajstić information content (AvgIpc) is 3.15. The second-order valence-electron chi connectivity index (χ2n) is 8.50. The molecular weight excluding hydrogens is 436 g/mol. The van der Waals surface area contributed by atoms with Gasteiger partial charge in [0.05, 0.1) is 32.0 Å². The van der Waals surface area contributed by atoms with Crippen molar-refractivity contribution in [1.29, 1.82) is 0 Å². The first-order valence-corrected chi connectivity index (χ1v) is 11.5. The van der Waals surface area contributed by atoms with Crippen molar-refractivity contribution < 1.29 is 33.6 Å². The Morgan fingerprint density at radius 2 is 1.85 bits per heavy atom. The van der Waals surface area contributed by atoms with Gasteiger partial charge in [-0.2, -0.15) is 0 Å². The Bertz CT molecular complexity index is 908. The number of aliphatic hydroxyl groups is 1. The third kappa shape index (κ3) is 7.67. The van der Waals surface area contributed by atoms with Gasteiger partial charge in [0.1, 0.15) is 18.0 Å². The molecule has 3 atom stereocenters. The van der Waals surface area contributed by atoms with E-state index in [1.165, 1.54) is 0 Å². The van der Waals surface area contributed by atoms with Crippen molar-refractivity contribution in [2.45, 2.75) is 57.4 Å². The fourth-order valence-electron chi connectivity index (χ4n) is 3.77. The average molecular weight is 471 g/mol. The Morgan fingerprint density at radius 1 is 1.12 bits per heavy atom. The van der Waals surface area contributed by atoms with Crippen molar-refractivity contribution in [3.8, 4) is 5.75 Å². The number of hydrogen-bond donors (Lipinski definition) is 1. The number of carbonyl (C=O) groups is 1. The van der Waals surface area contributed by atoms with Crippen LogP contribution in [0.1, 0.15) is 42.6 Å². The van der Waals surface area contributed by atoms with Gasteiger partial charge in [0.2, 0.25) is 0 Å². The van der Waals surface area contributed by atoms with Crippen LogP contribution in [-0.4, -0.2) is 55.5 Å². The number of carbonyl (C=O) groups excluding carboxylic acids is 1. The Labute approximate surface area is 201 Å². The summed E-state index contributed by atoms with van der Waals surface area (Å²) in [6.07, 6.45) is 3.14. The van der Waals surface area contributed by atoms with Gasteiger partial charge < -0.3 is 28.8 Å². The zero-order chi connectivity index (χ0) is 24.4. The minimum Gasteiger partial charge on any atom is -0.497 e. The molecule has 0 amide bonds. The molecule has 3 rings (SSSR count). The van der Waals surface area contributed by atoms with Crippen LogP contribution >= 0.6 is 0 Å². The van der Waals surface area contributed by atoms with E-state index in [1.54, 1.807) is 31.4 Å². The van der Waals surface area contributed by atoms with E-state index in [9.17, 15) is 9.90 Å². The zero-order valence-corrected chi connectivity index (χ0v) is 20.0. The fraction of sp³-hybridized carbons (Fsp3) is 0.444. The van der Waals surface area contributed by atoms with E-state index >= 15 is 0 Å². The summed E-state index contributed by atoms with van der Waals surface area (Å²) in [4.78, 5) is 12.7. The lowest BCUT2D eigenvalue weighted by Crippen LogP contribution is -2.38. The van der Waals surface area contributed by atoms with E-state index in [1.807, 2.05) is 56.3 Å². The second kappa shape index (κ2) is 12.7.